The number of nitrogens with one attached hydrogen (secondary N) is 1. The molecule has 0 fully saturated rings. The zero-order valence-electron chi connectivity index (χ0n) is 22.5. The van der Waals surface area contributed by atoms with Gasteiger partial charge in [0.1, 0.15) is 0 Å². The summed E-state index contributed by atoms with van der Waals surface area (Å²) in [5, 5.41) is 13.9. The molecule has 0 saturated carbocycles. The number of tetrazole rings is 1. The van der Waals surface area contributed by atoms with Crippen LogP contribution in [0.2, 0.25) is 0 Å². The van der Waals surface area contributed by atoms with Gasteiger partial charge in [-0.05, 0) is 65.9 Å². The average Bonchev–Trinajstić information content (AvgIpc) is 3.37. The Balaban J connectivity index is 1.54. The third kappa shape index (κ3) is 5.43. The molecular formula is C31H34N6O. The van der Waals surface area contributed by atoms with Crippen LogP contribution in [0.4, 0.5) is 0 Å². The molecule has 3 aromatic carbocycles. The molecule has 0 amide bonds. The SMILES string of the molecule is CC[C@@H](c1nnnn1Cc1ccccc1)N(Cc1ccc(C)cc1)Cc1cc2c(C)ccc(C)c2[nH]c1=O. The van der Waals surface area contributed by atoms with E-state index in [9.17, 15) is 4.79 Å². The molecule has 5 aromatic rings. The molecular weight excluding hydrogens is 472 g/mol. The summed E-state index contributed by atoms with van der Waals surface area (Å²) in [5.41, 5.74) is 7.33. The molecule has 1 atom stereocenters. The minimum atomic E-state index is -0.0799. The first-order valence-electron chi connectivity index (χ1n) is 13.1. The van der Waals surface area contributed by atoms with E-state index in [2.05, 4.69) is 101 Å². The highest BCUT2D eigenvalue weighted by Crippen LogP contribution is 2.28. The van der Waals surface area contributed by atoms with E-state index in [1.165, 1.54) is 11.1 Å². The van der Waals surface area contributed by atoms with Crippen LogP contribution in [-0.2, 0) is 19.6 Å². The maximum atomic E-state index is 13.3. The average molecular weight is 507 g/mol. The van der Waals surface area contributed by atoms with E-state index in [0.717, 1.165) is 45.4 Å². The maximum Gasteiger partial charge on any atom is 0.252 e. The summed E-state index contributed by atoms with van der Waals surface area (Å²) in [6.45, 7) is 10.1. The van der Waals surface area contributed by atoms with Gasteiger partial charge in [0.2, 0.25) is 0 Å². The normalized spacial score (nSPS) is 12.3. The van der Waals surface area contributed by atoms with Crippen LogP contribution in [0.5, 0.6) is 0 Å². The Morgan fingerprint density at radius 1 is 0.895 bits per heavy atom. The fourth-order valence-corrected chi connectivity index (χ4v) is 5.08. The van der Waals surface area contributed by atoms with Crippen molar-refractivity contribution in [3.8, 4) is 0 Å². The number of nitrogens with zero attached hydrogens (tertiary/aromatic N) is 5. The van der Waals surface area contributed by atoms with Gasteiger partial charge in [-0.2, -0.15) is 0 Å². The first kappa shape index (κ1) is 25.5. The molecule has 1 N–H and O–H groups in total. The van der Waals surface area contributed by atoms with Gasteiger partial charge >= 0.3 is 0 Å². The Labute approximate surface area is 223 Å². The Hall–Kier alpha value is -4.10. The summed E-state index contributed by atoms with van der Waals surface area (Å²) in [6, 6.07) is 24.9. The summed E-state index contributed by atoms with van der Waals surface area (Å²) in [4.78, 5) is 18.8. The first-order chi connectivity index (χ1) is 18.4. The van der Waals surface area contributed by atoms with Crippen molar-refractivity contribution in [1.29, 1.82) is 0 Å². The molecule has 0 aliphatic carbocycles. The van der Waals surface area contributed by atoms with E-state index in [-0.39, 0.29) is 11.6 Å². The van der Waals surface area contributed by atoms with Crippen molar-refractivity contribution >= 4 is 10.9 Å². The second-order valence-electron chi connectivity index (χ2n) is 10.1. The largest absolute Gasteiger partial charge is 0.321 e. The Morgan fingerprint density at radius 3 is 2.37 bits per heavy atom. The highest BCUT2D eigenvalue weighted by Gasteiger charge is 2.26. The van der Waals surface area contributed by atoms with Crippen LogP contribution in [0.3, 0.4) is 0 Å². The van der Waals surface area contributed by atoms with Crippen LogP contribution in [-0.4, -0.2) is 30.1 Å². The van der Waals surface area contributed by atoms with Crippen LogP contribution >= 0.6 is 0 Å². The number of aromatic amines is 1. The molecule has 194 valence electrons. The number of pyridine rings is 1. The van der Waals surface area contributed by atoms with E-state index >= 15 is 0 Å². The first-order valence-corrected chi connectivity index (χ1v) is 13.1. The van der Waals surface area contributed by atoms with E-state index in [4.69, 9.17) is 0 Å². The van der Waals surface area contributed by atoms with Gasteiger partial charge in [0.05, 0.1) is 18.1 Å². The fourth-order valence-electron chi connectivity index (χ4n) is 5.08. The summed E-state index contributed by atoms with van der Waals surface area (Å²) in [6.07, 6.45) is 0.796. The zero-order valence-corrected chi connectivity index (χ0v) is 22.5. The van der Waals surface area contributed by atoms with Gasteiger partial charge in [-0.3, -0.25) is 9.69 Å². The summed E-state index contributed by atoms with van der Waals surface area (Å²) < 4.78 is 1.88. The molecule has 0 aliphatic heterocycles. The van der Waals surface area contributed by atoms with Gasteiger partial charge in [-0.25, -0.2) is 4.68 Å². The number of fused-ring (bicyclic) bond motifs is 1. The van der Waals surface area contributed by atoms with Gasteiger partial charge in [-0.15, -0.1) is 5.10 Å². The number of benzene rings is 3. The smallest absolute Gasteiger partial charge is 0.252 e. The molecule has 2 heterocycles. The fraction of sp³-hybridized carbons (Fsp3) is 0.290. The van der Waals surface area contributed by atoms with E-state index in [1.54, 1.807) is 0 Å². The molecule has 0 unspecified atom stereocenters. The minimum Gasteiger partial charge on any atom is -0.321 e. The Kier molecular flexibility index (Phi) is 7.47. The second-order valence-corrected chi connectivity index (χ2v) is 10.1. The van der Waals surface area contributed by atoms with Crippen LogP contribution in [0.15, 0.2) is 77.6 Å². The summed E-state index contributed by atoms with van der Waals surface area (Å²) in [5.74, 6) is 0.799. The highest BCUT2D eigenvalue weighted by molar-refractivity contribution is 5.85. The van der Waals surface area contributed by atoms with Gasteiger partial charge in [0.25, 0.3) is 5.56 Å². The third-order valence-corrected chi connectivity index (χ3v) is 7.26. The predicted octanol–water partition coefficient (Wildman–Crippen LogP) is 5.64. The number of aryl methyl sites for hydroxylation is 3. The molecule has 5 rings (SSSR count). The molecule has 0 radical (unpaired) electrons. The molecule has 7 heteroatoms. The van der Waals surface area contributed by atoms with Crippen LogP contribution in [0.1, 0.15) is 58.6 Å². The van der Waals surface area contributed by atoms with Crippen molar-refractivity contribution in [3.63, 3.8) is 0 Å². The van der Waals surface area contributed by atoms with Crippen molar-refractivity contribution in [1.82, 2.24) is 30.1 Å². The Morgan fingerprint density at radius 2 is 1.63 bits per heavy atom. The van der Waals surface area contributed by atoms with Crippen molar-refractivity contribution in [3.05, 3.63) is 122 Å². The topological polar surface area (TPSA) is 79.7 Å². The molecule has 0 saturated heterocycles. The van der Waals surface area contributed by atoms with Crippen LogP contribution < -0.4 is 5.56 Å². The van der Waals surface area contributed by atoms with Gasteiger partial charge in [0.15, 0.2) is 5.82 Å². The highest BCUT2D eigenvalue weighted by atomic mass is 16.1. The number of hydrogen-bond donors (Lipinski definition) is 1. The number of hydrogen-bond acceptors (Lipinski definition) is 5. The molecule has 7 nitrogen and oxygen atoms in total. The minimum absolute atomic E-state index is 0.0566. The third-order valence-electron chi connectivity index (χ3n) is 7.26. The van der Waals surface area contributed by atoms with Crippen LogP contribution in [0.25, 0.3) is 10.9 Å². The molecule has 0 aliphatic rings. The van der Waals surface area contributed by atoms with Crippen molar-refractivity contribution in [2.45, 2.75) is 59.8 Å². The summed E-state index contributed by atoms with van der Waals surface area (Å²) >= 11 is 0. The van der Waals surface area contributed by atoms with Gasteiger partial charge < -0.3 is 4.98 Å². The number of rotatable bonds is 9. The Bertz CT molecular complexity index is 1590. The molecule has 0 spiro atoms. The number of aromatic nitrogens is 5. The lowest BCUT2D eigenvalue weighted by Crippen LogP contribution is -2.32. The van der Waals surface area contributed by atoms with Crippen molar-refractivity contribution in [2.24, 2.45) is 0 Å². The molecule has 0 bridgehead atoms. The van der Waals surface area contributed by atoms with E-state index in [1.807, 2.05) is 29.8 Å². The quantitative estimate of drug-likeness (QED) is 0.280. The predicted molar refractivity (Wildman–Crippen MR) is 151 cm³/mol. The second kappa shape index (κ2) is 11.1. The summed E-state index contributed by atoms with van der Waals surface area (Å²) in [7, 11) is 0. The lowest BCUT2D eigenvalue weighted by atomic mass is 10.0. The lowest BCUT2D eigenvalue weighted by molar-refractivity contribution is 0.161. The van der Waals surface area contributed by atoms with E-state index in [0.29, 0.717) is 19.6 Å². The van der Waals surface area contributed by atoms with Crippen LogP contribution in [0, 0.1) is 20.8 Å². The van der Waals surface area contributed by atoms with Gasteiger partial charge in [-0.1, -0.05) is 79.2 Å². The van der Waals surface area contributed by atoms with Crippen molar-refractivity contribution < 1.29 is 0 Å². The van der Waals surface area contributed by atoms with Crippen molar-refractivity contribution in [2.75, 3.05) is 0 Å². The zero-order chi connectivity index (χ0) is 26.6. The number of H-pyrrole nitrogens is 1. The van der Waals surface area contributed by atoms with E-state index < -0.39 is 0 Å². The molecule has 38 heavy (non-hydrogen) atoms. The standard InChI is InChI=1S/C31H34N6O/c1-5-28(30-33-34-35-37(30)19-24-9-7-6-8-10-24)36(18-25-15-11-21(2)12-16-25)20-26-17-27-22(3)13-14-23(4)29(27)32-31(26)38/h6-17,28H,5,18-20H2,1-4H3,(H,32,38)/t28-/m0/s1. The maximum absolute atomic E-state index is 13.3. The lowest BCUT2D eigenvalue weighted by Gasteiger charge is -2.30. The van der Waals surface area contributed by atoms with Gasteiger partial charge in [0, 0.05) is 24.0 Å². The monoisotopic (exact) mass is 506 g/mol. The molecule has 2 aromatic heterocycles.